The number of rotatable bonds is 8. The number of piperidine rings is 1. The molecule has 42 heavy (non-hydrogen) atoms. The number of aromatic nitrogens is 6. The minimum Gasteiger partial charge on any atom is -0.341 e. The number of hydrogen-bond acceptors (Lipinski definition) is 9. The third-order valence-corrected chi connectivity index (χ3v) is 8.60. The molecule has 1 atom stereocenters. The number of sulfonamides is 1. The first-order valence-corrected chi connectivity index (χ1v) is 14.9. The fourth-order valence-electron chi connectivity index (χ4n) is 5.51. The molecule has 2 N–H and O–H groups in total. The summed E-state index contributed by atoms with van der Waals surface area (Å²) in [6.45, 7) is 1.39. The number of primary sulfonamides is 1. The molecule has 1 aliphatic rings. The lowest BCUT2D eigenvalue weighted by Crippen LogP contribution is -2.42. The van der Waals surface area contributed by atoms with E-state index in [4.69, 9.17) is 9.66 Å². The number of carbonyl (C=O) groups excluding carboxylic acids is 1. The van der Waals surface area contributed by atoms with Gasteiger partial charge in [0.25, 0.3) is 0 Å². The van der Waals surface area contributed by atoms with Gasteiger partial charge in [-0.2, -0.15) is 10.2 Å². The average Bonchev–Trinajstić information content (AvgIpc) is 3.77. The molecular weight excluding hydrogens is 558 g/mol. The lowest BCUT2D eigenvalue weighted by molar-refractivity contribution is -0.136. The molecule has 1 unspecified atom stereocenters. The van der Waals surface area contributed by atoms with E-state index in [1.165, 1.54) is 6.07 Å². The van der Waals surface area contributed by atoms with E-state index in [0.717, 1.165) is 0 Å². The number of carbonyl (C=O) groups is 1. The molecule has 1 saturated heterocycles. The Morgan fingerprint density at radius 2 is 1.98 bits per heavy atom. The number of nitrogens with two attached hydrogens (primary N) is 1. The molecule has 6 rings (SSSR count). The quantitative estimate of drug-likeness (QED) is 0.286. The Labute approximate surface area is 241 Å². The van der Waals surface area contributed by atoms with Crippen LogP contribution in [0.5, 0.6) is 0 Å². The molecule has 0 saturated carbocycles. The molecule has 5 heterocycles. The van der Waals surface area contributed by atoms with Crippen LogP contribution in [0.15, 0.2) is 76.8 Å². The SMILES string of the molecule is N#Cc1cccn1CCC(C(=O)N1CCC(c2nc(-c3cnccn3)no2)CC1)n1ccc2c(S(N)(=O)=O)cccc21. The highest BCUT2D eigenvalue weighted by Crippen LogP contribution is 2.32. The van der Waals surface area contributed by atoms with Crippen molar-refractivity contribution >= 4 is 26.8 Å². The van der Waals surface area contributed by atoms with Crippen molar-refractivity contribution in [3.8, 4) is 17.6 Å². The van der Waals surface area contributed by atoms with Crippen molar-refractivity contribution in [3.63, 3.8) is 0 Å². The number of nitriles is 1. The van der Waals surface area contributed by atoms with Crippen LogP contribution in [-0.4, -0.2) is 61.6 Å². The first-order valence-electron chi connectivity index (χ1n) is 13.4. The summed E-state index contributed by atoms with van der Waals surface area (Å²) in [5, 5.41) is 19.4. The van der Waals surface area contributed by atoms with Crippen LogP contribution in [-0.2, 0) is 21.4 Å². The van der Waals surface area contributed by atoms with Crippen LogP contribution < -0.4 is 5.14 Å². The van der Waals surface area contributed by atoms with Crippen LogP contribution in [0.25, 0.3) is 22.4 Å². The van der Waals surface area contributed by atoms with Crippen molar-refractivity contribution in [1.29, 1.82) is 5.26 Å². The van der Waals surface area contributed by atoms with E-state index in [1.54, 1.807) is 70.5 Å². The third kappa shape index (κ3) is 5.27. The highest BCUT2D eigenvalue weighted by atomic mass is 32.2. The van der Waals surface area contributed by atoms with E-state index in [9.17, 15) is 18.5 Å². The van der Waals surface area contributed by atoms with Gasteiger partial charge in [-0.1, -0.05) is 11.2 Å². The molecule has 214 valence electrons. The summed E-state index contributed by atoms with van der Waals surface area (Å²) < 4.78 is 33.6. The van der Waals surface area contributed by atoms with Crippen LogP contribution in [0.1, 0.15) is 42.8 Å². The second-order valence-electron chi connectivity index (χ2n) is 10.1. The molecule has 0 radical (unpaired) electrons. The smallest absolute Gasteiger partial charge is 0.245 e. The van der Waals surface area contributed by atoms with Crippen molar-refractivity contribution in [1.82, 2.24) is 34.1 Å². The molecule has 4 aromatic heterocycles. The molecule has 1 amide bonds. The fraction of sp³-hybridized carbons (Fsp3) is 0.286. The van der Waals surface area contributed by atoms with Crippen molar-refractivity contribution in [3.05, 3.63) is 79.0 Å². The van der Waals surface area contributed by atoms with E-state index in [0.29, 0.717) is 72.9 Å². The minimum absolute atomic E-state index is 0.00310. The van der Waals surface area contributed by atoms with Gasteiger partial charge in [-0.25, -0.2) is 18.5 Å². The average molecular weight is 586 g/mol. The number of likely N-dealkylation sites (tertiary alicyclic amines) is 1. The number of hydrogen-bond donors (Lipinski definition) is 1. The zero-order valence-corrected chi connectivity index (χ0v) is 23.3. The summed E-state index contributed by atoms with van der Waals surface area (Å²) in [5.74, 6) is 0.774. The summed E-state index contributed by atoms with van der Waals surface area (Å²) in [6, 6.07) is 11.5. The lowest BCUT2D eigenvalue weighted by Gasteiger charge is -2.34. The summed E-state index contributed by atoms with van der Waals surface area (Å²) >= 11 is 0. The molecular formula is C28H27N9O4S. The highest BCUT2D eigenvalue weighted by molar-refractivity contribution is 7.89. The number of aryl methyl sites for hydroxylation is 1. The Kier molecular flexibility index (Phi) is 7.27. The molecule has 0 spiro atoms. The molecule has 1 fully saturated rings. The van der Waals surface area contributed by atoms with Crippen LogP contribution in [0, 0.1) is 11.3 Å². The molecule has 14 heteroatoms. The Bertz CT molecular complexity index is 1880. The second-order valence-corrected chi connectivity index (χ2v) is 11.6. The second kappa shape index (κ2) is 11.2. The Hall–Kier alpha value is -4.87. The van der Waals surface area contributed by atoms with Gasteiger partial charge >= 0.3 is 0 Å². The topological polar surface area (TPSA) is 179 Å². The maximum Gasteiger partial charge on any atom is 0.245 e. The van der Waals surface area contributed by atoms with Crippen molar-refractivity contribution < 1.29 is 17.7 Å². The van der Waals surface area contributed by atoms with Gasteiger partial charge in [0.05, 0.1) is 16.6 Å². The van der Waals surface area contributed by atoms with Gasteiger partial charge in [-0.3, -0.25) is 9.78 Å². The number of amides is 1. The van der Waals surface area contributed by atoms with Crippen molar-refractivity contribution in [2.75, 3.05) is 13.1 Å². The van der Waals surface area contributed by atoms with Gasteiger partial charge < -0.3 is 18.6 Å². The Morgan fingerprint density at radius 1 is 1.14 bits per heavy atom. The zero-order valence-electron chi connectivity index (χ0n) is 22.4. The van der Waals surface area contributed by atoms with Crippen molar-refractivity contribution in [2.45, 2.75) is 42.7 Å². The molecule has 1 aromatic carbocycles. The van der Waals surface area contributed by atoms with E-state index in [1.807, 2.05) is 4.90 Å². The summed E-state index contributed by atoms with van der Waals surface area (Å²) in [4.78, 5) is 28.7. The zero-order chi connectivity index (χ0) is 29.3. The van der Waals surface area contributed by atoms with Gasteiger partial charge in [0.2, 0.25) is 27.6 Å². The van der Waals surface area contributed by atoms with E-state index >= 15 is 0 Å². The molecule has 0 bridgehead atoms. The minimum atomic E-state index is -3.96. The first kappa shape index (κ1) is 27.3. The molecule has 5 aromatic rings. The van der Waals surface area contributed by atoms with Gasteiger partial charge in [0, 0.05) is 55.7 Å². The Balaban J connectivity index is 1.24. The van der Waals surface area contributed by atoms with E-state index in [-0.39, 0.29) is 16.7 Å². The van der Waals surface area contributed by atoms with Gasteiger partial charge in [-0.05, 0) is 49.6 Å². The largest absolute Gasteiger partial charge is 0.341 e. The Morgan fingerprint density at radius 3 is 2.71 bits per heavy atom. The lowest BCUT2D eigenvalue weighted by atomic mass is 9.96. The normalized spacial score (nSPS) is 15.1. The van der Waals surface area contributed by atoms with Crippen molar-refractivity contribution in [2.24, 2.45) is 5.14 Å². The van der Waals surface area contributed by atoms with Crippen LogP contribution >= 0.6 is 0 Å². The van der Waals surface area contributed by atoms with E-state index < -0.39 is 16.1 Å². The third-order valence-electron chi connectivity index (χ3n) is 7.63. The van der Waals surface area contributed by atoms with Crippen LogP contribution in [0.3, 0.4) is 0 Å². The van der Waals surface area contributed by atoms with Crippen LogP contribution in [0.2, 0.25) is 0 Å². The number of nitrogens with zero attached hydrogens (tertiary/aromatic N) is 8. The summed E-state index contributed by atoms with van der Waals surface area (Å²) in [7, 11) is -3.96. The van der Waals surface area contributed by atoms with Gasteiger partial charge in [0.15, 0.2) is 0 Å². The molecule has 1 aliphatic heterocycles. The summed E-state index contributed by atoms with van der Waals surface area (Å²) in [6.07, 6.45) is 9.89. The maximum atomic E-state index is 14.1. The standard InChI is InChI=1S/C28H27N9O4S/c29-17-20-3-2-12-35(20)15-9-24(37-16-8-21-23(37)4-1-5-25(21)42(30,39)40)28(38)36-13-6-19(7-14-36)27-33-26(34-41-27)22-18-31-10-11-32-22/h1-5,8,10-12,16,18-19,24H,6-7,9,13-15H2,(H2,30,39,40). The predicted molar refractivity (Wildman–Crippen MR) is 150 cm³/mol. The molecule has 13 nitrogen and oxygen atoms in total. The monoisotopic (exact) mass is 585 g/mol. The summed E-state index contributed by atoms with van der Waals surface area (Å²) in [5.41, 5.74) is 1.61. The highest BCUT2D eigenvalue weighted by Gasteiger charge is 2.32. The molecule has 0 aliphatic carbocycles. The number of benzene rings is 1. The van der Waals surface area contributed by atoms with Crippen LogP contribution in [0.4, 0.5) is 0 Å². The maximum absolute atomic E-state index is 14.1. The number of fused-ring (bicyclic) bond motifs is 1. The first-order chi connectivity index (χ1) is 20.3. The van der Waals surface area contributed by atoms with Gasteiger partial charge in [-0.15, -0.1) is 0 Å². The van der Waals surface area contributed by atoms with Gasteiger partial charge in [0.1, 0.15) is 23.5 Å². The van der Waals surface area contributed by atoms with E-state index in [2.05, 4.69) is 26.2 Å². The fourth-order valence-corrected chi connectivity index (χ4v) is 6.26. The predicted octanol–water partition coefficient (Wildman–Crippen LogP) is 2.84.